The van der Waals surface area contributed by atoms with Gasteiger partial charge < -0.3 is 19.1 Å². The summed E-state index contributed by atoms with van der Waals surface area (Å²) in [6.45, 7) is 0.327. The highest BCUT2D eigenvalue weighted by atomic mass is 16.7. The standard InChI is InChI=1S/C26H30N2O3/c1-28(21-9-12-25-26(15-21)31-17-30-25)20-7-4-18(5-8-20)3-6-19-13-14-27-24-11-10-22(29-2)16-23(19)24/h9-16,18,20H,3-8,17H2,1-2H3. The molecule has 5 rings (SSSR count). The van der Waals surface area contributed by atoms with Crippen LogP contribution in [0, 0.1) is 5.92 Å². The lowest BCUT2D eigenvalue weighted by molar-refractivity contribution is 0.174. The van der Waals surface area contributed by atoms with E-state index in [0.717, 1.165) is 35.1 Å². The zero-order chi connectivity index (χ0) is 21.2. The van der Waals surface area contributed by atoms with Crippen molar-refractivity contribution in [2.75, 3.05) is 25.9 Å². The molecule has 1 aliphatic carbocycles. The molecule has 0 bridgehead atoms. The first kappa shape index (κ1) is 20.0. The second-order valence-corrected chi connectivity index (χ2v) is 8.71. The van der Waals surface area contributed by atoms with Gasteiger partial charge in [0.15, 0.2) is 11.5 Å². The summed E-state index contributed by atoms with van der Waals surface area (Å²) in [5, 5.41) is 1.22. The molecule has 2 aromatic carbocycles. The zero-order valence-corrected chi connectivity index (χ0v) is 18.3. The van der Waals surface area contributed by atoms with Gasteiger partial charge in [0.25, 0.3) is 0 Å². The zero-order valence-electron chi connectivity index (χ0n) is 18.3. The van der Waals surface area contributed by atoms with Crippen LogP contribution in [0.15, 0.2) is 48.7 Å². The van der Waals surface area contributed by atoms with Crippen molar-refractivity contribution in [1.29, 1.82) is 0 Å². The van der Waals surface area contributed by atoms with Crippen LogP contribution in [-0.4, -0.2) is 32.0 Å². The molecule has 2 heterocycles. The van der Waals surface area contributed by atoms with Crippen LogP contribution in [0.4, 0.5) is 5.69 Å². The number of hydrogen-bond donors (Lipinski definition) is 0. The topological polar surface area (TPSA) is 43.8 Å². The lowest BCUT2D eigenvalue weighted by atomic mass is 9.82. The molecule has 0 amide bonds. The summed E-state index contributed by atoms with van der Waals surface area (Å²) < 4.78 is 16.4. The lowest BCUT2D eigenvalue weighted by Crippen LogP contribution is -2.35. The largest absolute Gasteiger partial charge is 0.497 e. The number of benzene rings is 2. The van der Waals surface area contributed by atoms with Crippen molar-refractivity contribution >= 4 is 16.6 Å². The molecule has 162 valence electrons. The molecule has 5 heteroatoms. The van der Waals surface area contributed by atoms with Gasteiger partial charge in [0.1, 0.15) is 5.75 Å². The first-order valence-corrected chi connectivity index (χ1v) is 11.3. The average Bonchev–Trinajstić information content (AvgIpc) is 3.30. The third kappa shape index (κ3) is 4.14. The van der Waals surface area contributed by atoms with E-state index in [1.54, 1.807) is 7.11 Å². The van der Waals surface area contributed by atoms with E-state index < -0.39 is 0 Å². The van der Waals surface area contributed by atoms with E-state index in [4.69, 9.17) is 14.2 Å². The number of rotatable bonds is 6. The van der Waals surface area contributed by atoms with E-state index in [-0.39, 0.29) is 0 Å². The first-order chi connectivity index (χ1) is 15.2. The summed E-state index contributed by atoms with van der Waals surface area (Å²) in [4.78, 5) is 6.93. The number of nitrogens with zero attached hydrogens (tertiary/aromatic N) is 2. The van der Waals surface area contributed by atoms with Gasteiger partial charge in [-0.25, -0.2) is 0 Å². The van der Waals surface area contributed by atoms with Gasteiger partial charge in [-0.2, -0.15) is 0 Å². The second-order valence-electron chi connectivity index (χ2n) is 8.71. The summed E-state index contributed by atoms with van der Waals surface area (Å²) in [7, 11) is 3.93. The smallest absolute Gasteiger partial charge is 0.231 e. The lowest BCUT2D eigenvalue weighted by Gasteiger charge is -2.36. The Morgan fingerprint density at radius 1 is 1.00 bits per heavy atom. The second kappa shape index (κ2) is 8.66. The van der Waals surface area contributed by atoms with Crippen LogP contribution in [0.2, 0.25) is 0 Å². The maximum Gasteiger partial charge on any atom is 0.231 e. The molecule has 1 saturated carbocycles. The molecule has 2 aliphatic rings. The predicted octanol–water partition coefficient (Wildman–Crippen LogP) is 5.60. The highest BCUT2D eigenvalue weighted by molar-refractivity contribution is 5.83. The Labute approximate surface area is 183 Å². The minimum absolute atomic E-state index is 0.327. The maximum absolute atomic E-state index is 5.55. The van der Waals surface area contributed by atoms with Gasteiger partial charge in [0, 0.05) is 36.4 Å². The minimum Gasteiger partial charge on any atom is -0.497 e. The number of methoxy groups -OCH3 is 1. The molecule has 1 aliphatic heterocycles. The third-order valence-corrected chi connectivity index (χ3v) is 6.99. The highest BCUT2D eigenvalue weighted by Crippen LogP contribution is 2.38. The fraction of sp³-hybridized carbons (Fsp3) is 0.423. The van der Waals surface area contributed by atoms with Crippen molar-refractivity contribution in [2.24, 2.45) is 5.92 Å². The SMILES string of the molecule is COc1ccc2nccc(CCC3CCC(N(C)c4ccc5c(c4)OCO5)CC3)c2c1. The Kier molecular flexibility index (Phi) is 5.58. The van der Waals surface area contributed by atoms with Crippen LogP contribution in [0.5, 0.6) is 17.2 Å². The van der Waals surface area contributed by atoms with Gasteiger partial charge >= 0.3 is 0 Å². The van der Waals surface area contributed by atoms with Crippen LogP contribution in [0.3, 0.4) is 0 Å². The van der Waals surface area contributed by atoms with Gasteiger partial charge in [0.05, 0.1) is 12.6 Å². The summed E-state index contributed by atoms with van der Waals surface area (Å²) >= 11 is 0. The molecule has 0 atom stereocenters. The van der Waals surface area contributed by atoms with Crippen molar-refractivity contribution < 1.29 is 14.2 Å². The fourth-order valence-corrected chi connectivity index (χ4v) is 5.02. The fourth-order valence-electron chi connectivity index (χ4n) is 5.02. The van der Waals surface area contributed by atoms with E-state index in [9.17, 15) is 0 Å². The molecule has 0 saturated heterocycles. The Bertz CT molecular complexity index is 1060. The summed E-state index contributed by atoms with van der Waals surface area (Å²) in [5.41, 5.74) is 3.64. The van der Waals surface area contributed by atoms with Gasteiger partial charge in [-0.05, 0) is 86.4 Å². The quantitative estimate of drug-likeness (QED) is 0.521. The molecule has 0 N–H and O–H groups in total. The van der Waals surface area contributed by atoms with E-state index in [1.807, 2.05) is 18.3 Å². The van der Waals surface area contributed by atoms with E-state index in [0.29, 0.717) is 12.8 Å². The molecular weight excluding hydrogens is 388 g/mol. The van der Waals surface area contributed by atoms with Crippen molar-refractivity contribution in [2.45, 2.75) is 44.6 Å². The van der Waals surface area contributed by atoms with Crippen molar-refractivity contribution in [3.63, 3.8) is 0 Å². The first-order valence-electron chi connectivity index (χ1n) is 11.3. The van der Waals surface area contributed by atoms with E-state index >= 15 is 0 Å². The predicted molar refractivity (Wildman–Crippen MR) is 123 cm³/mol. The van der Waals surface area contributed by atoms with Crippen molar-refractivity contribution in [3.8, 4) is 17.2 Å². The maximum atomic E-state index is 5.55. The molecule has 3 aromatic rings. The third-order valence-electron chi connectivity index (χ3n) is 6.99. The summed E-state index contributed by atoms with van der Waals surface area (Å²) in [6.07, 6.45) is 9.30. The molecule has 31 heavy (non-hydrogen) atoms. The number of anilines is 1. The van der Waals surface area contributed by atoms with Gasteiger partial charge in [0.2, 0.25) is 6.79 Å². The van der Waals surface area contributed by atoms with Crippen LogP contribution < -0.4 is 19.1 Å². The van der Waals surface area contributed by atoms with Crippen LogP contribution in [0.1, 0.15) is 37.7 Å². The van der Waals surface area contributed by atoms with Gasteiger partial charge in [-0.3, -0.25) is 4.98 Å². The summed E-state index contributed by atoms with van der Waals surface area (Å²) in [6, 6.07) is 15.2. The van der Waals surface area contributed by atoms with Crippen LogP contribution in [0.25, 0.3) is 10.9 Å². The van der Waals surface area contributed by atoms with E-state index in [2.05, 4.69) is 47.3 Å². The number of fused-ring (bicyclic) bond motifs is 2. The normalized spacial score (nSPS) is 20.1. The summed E-state index contributed by atoms with van der Waals surface area (Å²) in [5.74, 6) is 3.39. The van der Waals surface area contributed by atoms with Crippen LogP contribution in [-0.2, 0) is 6.42 Å². The Balaban J connectivity index is 1.18. The molecular formula is C26H30N2O3. The Morgan fingerprint density at radius 2 is 1.84 bits per heavy atom. The van der Waals surface area contributed by atoms with Crippen molar-refractivity contribution in [1.82, 2.24) is 4.98 Å². The number of aromatic nitrogens is 1. The average molecular weight is 419 g/mol. The molecule has 0 spiro atoms. The number of pyridine rings is 1. The molecule has 5 nitrogen and oxygen atoms in total. The van der Waals surface area contributed by atoms with E-state index in [1.165, 1.54) is 48.7 Å². The Hall–Kier alpha value is -2.95. The highest BCUT2D eigenvalue weighted by Gasteiger charge is 2.25. The van der Waals surface area contributed by atoms with Crippen molar-refractivity contribution in [3.05, 3.63) is 54.2 Å². The number of ether oxygens (including phenoxy) is 3. The molecule has 1 aromatic heterocycles. The van der Waals surface area contributed by atoms with Gasteiger partial charge in [-0.15, -0.1) is 0 Å². The number of hydrogen-bond acceptors (Lipinski definition) is 5. The molecule has 0 unspecified atom stereocenters. The van der Waals surface area contributed by atoms with Crippen LogP contribution >= 0.6 is 0 Å². The number of aryl methyl sites for hydroxylation is 1. The monoisotopic (exact) mass is 418 g/mol. The minimum atomic E-state index is 0.327. The molecule has 1 fully saturated rings. The van der Waals surface area contributed by atoms with Gasteiger partial charge in [-0.1, -0.05) is 0 Å². The Morgan fingerprint density at radius 3 is 2.68 bits per heavy atom. The molecule has 0 radical (unpaired) electrons.